The van der Waals surface area contributed by atoms with Crippen LogP contribution in [0.3, 0.4) is 0 Å². The van der Waals surface area contributed by atoms with Crippen LogP contribution in [0.4, 0.5) is 0 Å². The van der Waals surface area contributed by atoms with Crippen molar-refractivity contribution in [2.24, 2.45) is 0 Å². The van der Waals surface area contributed by atoms with Gasteiger partial charge in [0.1, 0.15) is 0 Å². The molecule has 2 heterocycles. The molecule has 0 radical (unpaired) electrons. The first kappa shape index (κ1) is 12.9. The van der Waals surface area contributed by atoms with E-state index in [4.69, 9.17) is 0 Å². The molecule has 1 aliphatic rings. The molecule has 0 aromatic carbocycles. The lowest BCUT2D eigenvalue weighted by Gasteiger charge is -2.22. The number of amides is 1. The van der Waals surface area contributed by atoms with Gasteiger partial charge in [0.05, 0.1) is 18.1 Å². The van der Waals surface area contributed by atoms with Crippen LogP contribution < -0.4 is 10.6 Å². The van der Waals surface area contributed by atoms with Gasteiger partial charge in [-0.15, -0.1) is 10.2 Å². The van der Waals surface area contributed by atoms with Gasteiger partial charge < -0.3 is 10.6 Å². The highest BCUT2D eigenvalue weighted by Crippen LogP contribution is 2.04. The van der Waals surface area contributed by atoms with Crippen LogP contribution in [0.2, 0.25) is 0 Å². The van der Waals surface area contributed by atoms with Crippen molar-refractivity contribution in [3.63, 3.8) is 0 Å². The zero-order valence-electron chi connectivity index (χ0n) is 9.59. The van der Waals surface area contributed by atoms with Crippen LogP contribution >= 0.6 is 0 Å². The number of hydrogen-bond donors (Lipinski definition) is 3. The Morgan fingerprint density at radius 1 is 1.50 bits per heavy atom. The minimum absolute atomic E-state index is 0.00261. The minimum Gasteiger partial charge on any atom is -0.349 e. The zero-order valence-corrected chi connectivity index (χ0v) is 10.4. The summed E-state index contributed by atoms with van der Waals surface area (Å²) >= 11 is 0. The smallest absolute Gasteiger partial charge is 0.221 e. The van der Waals surface area contributed by atoms with Crippen LogP contribution in [0.1, 0.15) is 12.2 Å². The molecule has 18 heavy (non-hydrogen) atoms. The highest BCUT2D eigenvalue weighted by atomic mass is 32.2. The van der Waals surface area contributed by atoms with E-state index in [2.05, 4.69) is 31.3 Å². The molecule has 1 aliphatic heterocycles. The molecule has 1 amide bonds. The fourth-order valence-electron chi connectivity index (χ4n) is 1.73. The van der Waals surface area contributed by atoms with Gasteiger partial charge >= 0.3 is 0 Å². The van der Waals surface area contributed by atoms with E-state index in [1.807, 2.05) is 0 Å². The van der Waals surface area contributed by atoms with Crippen LogP contribution in [0.15, 0.2) is 0 Å². The van der Waals surface area contributed by atoms with E-state index in [1.165, 1.54) is 0 Å². The maximum absolute atomic E-state index is 11.6. The molecule has 1 unspecified atom stereocenters. The summed E-state index contributed by atoms with van der Waals surface area (Å²) in [6.45, 7) is 0.569. The molecular weight excluding hydrogens is 260 g/mol. The van der Waals surface area contributed by atoms with E-state index in [0.717, 1.165) is 0 Å². The minimum atomic E-state index is -3.02. The number of rotatable bonds is 4. The molecule has 3 N–H and O–H groups in total. The number of aromatic nitrogens is 4. The number of nitrogens with zero attached hydrogens (tertiary/aromatic N) is 3. The van der Waals surface area contributed by atoms with Crippen LogP contribution in [0.25, 0.3) is 0 Å². The summed E-state index contributed by atoms with van der Waals surface area (Å²) in [6.07, 6.45) is 0.122. The van der Waals surface area contributed by atoms with Gasteiger partial charge in [-0.05, 0) is 0 Å². The summed E-state index contributed by atoms with van der Waals surface area (Å²) in [5, 5.41) is 18.6. The lowest BCUT2D eigenvalue weighted by Crippen LogP contribution is -2.47. The summed E-state index contributed by atoms with van der Waals surface area (Å²) < 4.78 is 22.8. The van der Waals surface area contributed by atoms with Crippen molar-refractivity contribution in [3.05, 3.63) is 5.82 Å². The topological polar surface area (TPSA) is 130 Å². The third-order valence-corrected chi connectivity index (χ3v) is 4.30. The summed E-state index contributed by atoms with van der Waals surface area (Å²) in [7, 11) is -3.02. The van der Waals surface area contributed by atoms with Crippen LogP contribution in [0, 0.1) is 0 Å². The summed E-state index contributed by atoms with van der Waals surface area (Å²) in [5.41, 5.74) is 0. The summed E-state index contributed by atoms with van der Waals surface area (Å²) in [4.78, 5) is 11.6. The number of H-pyrrole nitrogens is 1. The molecule has 1 atom stereocenters. The van der Waals surface area contributed by atoms with Crippen LogP contribution in [-0.2, 0) is 21.2 Å². The standard InChI is InChI=1S/C8H14N6O3S/c15-8(10-4-7-11-13-14-12-7)3-6-5-18(16,17)2-1-9-6/h6,9H,1-5H2,(H,10,15)(H,11,12,13,14). The lowest BCUT2D eigenvalue weighted by molar-refractivity contribution is -0.121. The van der Waals surface area contributed by atoms with Gasteiger partial charge in [0, 0.05) is 19.0 Å². The monoisotopic (exact) mass is 274 g/mol. The number of tetrazole rings is 1. The normalized spacial score (nSPS) is 22.6. The van der Waals surface area contributed by atoms with Gasteiger partial charge in [0.25, 0.3) is 0 Å². The molecule has 1 aromatic rings. The van der Waals surface area contributed by atoms with Gasteiger partial charge in [0.15, 0.2) is 15.7 Å². The molecule has 10 heteroatoms. The molecule has 100 valence electrons. The van der Waals surface area contributed by atoms with E-state index in [9.17, 15) is 13.2 Å². The Bertz CT molecular complexity index is 499. The number of nitrogens with one attached hydrogen (secondary N) is 3. The second kappa shape index (κ2) is 5.40. The quantitative estimate of drug-likeness (QED) is 0.557. The zero-order chi connectivity index (χ0) is 13.0. The molecule has 1 fully saturated rings. The predicted molar refractivity (Wildman–Crippen MR) is 61.1 cm³/mol. The Balaban J connectivity index is 1.77. The molecular formula is C8H14N6O3S. The molecule has 9 nitrogen and oxygen atoms in total. The maximum Gasteiger partial charge on any atom is 0.221 e. The van der Waals surface area contributed by atoms with Crippen molar-refractivity contribution in [1.82, 2.24) is 31.3 Å². The van der Waals surface area contributed by atoms with Crippen molar-refractivity contribution in [1.29, 1.82) is 0 Å². The Kier molecular flexibility index (Phi) is 3.87. The number of sulfone groups is 1. The highest BCUT2D eigenvalue weighted by molar-refractivity contribution is 7.91. The maximum atomic E-state index is 11.6. The first-order chi connectivity index (χ1) is 8.55. The summed E-state index contributed by atoms with van der Waals surface area (Å²) in [5.74, 6) is 0.276. The van der Waals surface area contributed by atoms with Gasteiger partial charge in [0.2, 0.25) is 5.91 Å². The molecule has 0 aliphatic carbocycles. The third kappa shape index (κ3) is 3.74. The van der Waals surface area contributed by atoms with Crippen molar-refractivity contribution in [2.75, 3.05) is 18.1 Å². The van der Waals surface area contributed by atoms with Crippen molar-refractivity contribution in [3.8, 4) is 0 Å². The molecule has 0 spiro atoms. The number of hydrogen-bond acceptors (Lipinski definition) is 7. The Morgan fingerprint density at radius 2 is 2.33 bits per heavy atom. The second-order valence-electron chi connectivity index (χ2n) is 4.07. The third-order valence-electron chi connectivity index (χ3n) is 2.57. The SMILES string of the molecule is O=C(CC1CS(=O)(=O)CCN1)NCc1nn[nH]n1. The van der Waals surface area contributed by atoms with Crippen molar-refractivity contribution < 1.29 is 13.2 Å². The van der Waals surface area contributed by atoms with Crippen LogP contribution in [-0.4, -0.2) is 59.0 Å². The molecule has 0 saturated carbocycles. The van der Waals surface area contributed by atoms with Gasteiger partial charge in [-0.1, -0.05) is 5.21 Å². The van der Waals surface area contributed by atoms with E-state index < -0.39 is 9.84 Å². The molecule has 0 bridgehead atoms. The van der Waals surface area contributed by atoms with E-state index in [1.54, 1.807) is 0 Å². The fraction of sp³-hybridized carbons (Fsp3) is 0.750. The molecule has 1 saturated heterocycles. The number of aromatic amines is 1. The second-order valence-corrected chi connectivity index (χ2v) is 6.30. The van der Waals surface area contributed by atoms with Gasteiger partial charge in [-0.3, -0.25) is 4.79 Å². The van der Waals surface area contributed by atoms with Crippen LogP contribution in [0.5, 0.6) is 0 Å². The van der Waals surface area contributed by atoms with Gasteiger partial charge in [-0.25, -0.2) is 8.42 Å². The Labute approximate surface area is 104 Å². The van der Waals surface area contributed by atoms with E-state index >= 15 is 0 Å². The predicted octanol–water partition coefficient (Wildman–Crippen LogP) is -2.41. The summed E-state index contributed by atoms with van der Waals surface area (Å²) in [6, 6.07) is -0.325. The van der Waals surface area contributed by atoms with Gasteiger partial charge in [-0.2, -0.15) is 5.21 Å². The highest BCUT2D eigenvalue weighted by Gasteiger charge is 2.25. The first-order valence-corrected chi connectivity index (χ1v) is 7.30. The van der Waals surface area contributed by atoms with Crippen molar-refractivity contribution >= 4 is 15.7 Å². The first-order valence-electron chi connectivity index (χ1n) is 5.48. The average molecular weight is 274 g/mol. The fourth-order valence-corrected chi connectivity index (χ4v) is 3.17. The Hall–Kier alpha value is -1.55. The lowest BCUT2D eigenvalue weighted by atomic mass is 10.2. The Morgan fingerprint density at radius 3 is 3.00 bits per heavy atom. The number of carbonyl (C=O) groups excluding carboxylic acids is 1. The average Bonchev–Trinajstić information content (AvgIpc) is 2.77. The number of carbonyl (C=O) groups is 1. The molecule has 2 rings (SSSR count). The van der Waals surface area contributed by atoms with E-state index in [-0.39, 0.29) is 36.4 Å². The largest absolute Gasteiger partial charge is 0.349 e. The van der Waals surface area contributed by atoms with Crippen molar-refractivity contribution in [2.45, 2.75) is 19.0 Å². The molecule has 1 aromatic heterocycles. The van der Waals surface area contributed by atoms with E-state index in [0.29, 0.717) is 12.4 Å².